The van der Waals surface area contributed by atoms with E-state index in [2.05, 4.69) is 20.6 Å². The van der Waals surface area contributed by atoms with Crippen LogP contribution in [0.25, 0.3) is 22.4 Å². The monoisotopic (exact) mass is 542 g/mol. The van der Waals surface area contributed by atoms with Crippen LogP contribution >= 0.6 is 0 Å². The van der Waals surface area contributed by atoms with Crippen molar-refractivity contribution in [2.45, 2.75) is 32.2 Å². The first-order chi connectivity index (χ1) is 19.6. The Hall–Kier alpha value is -4.51. The molecular formula is C29H28F2N8O. The summed E-state index contributed by atoms with van der Waals surface area (Å²) in [7, 11) is 0. The summed E-state index contributed by atoms with van der Waals surface area (Å²) in [4.78, 5) is 17.9. The lowest BCUT2D eigenvalue weighted by Crippen LogP contribution is -2.27. The smallest absolute Gasteiger partial charge is 0.182 e. The van der Waals surface area contributed by atoms with Gasteiger partial charge < -0.3 is 15.4 Å². The van der Waals surface area contributed by atoms with Gasteiger partial charge in [-0.3, -0.25) is 4.68 Å². The Morgan fingerprint density at radius 1 is 1.07 bits per heavy atom. The predicted molar refractivity (Wildman–Crippen MR) is 148 cm³/mol. The zero-order valence-electron chi connectivity index (χ0n) is 21.9. The maximum atomic E-state index is 14.9. The molecule has 4 heterocycles. The van der Waals surface area contributed by atoms with E-state index in [1.165, 1.54) is 18.5 Å². The molecule has 3 aromatic heterocycles. The van der Waals surface area contributed by atoms with Gasteiger partial charge >= 0.3 is 0 Å². The summed E-state index contributed by atoms with van der Waals surface area (Å²) >= 11 is 0. The molecule has 40 heavy (non-hydrogen) atoms. The Morgan fingerprint density at radius 3 is 2.62 bits per heavy atom. The number of anilines is 2. The molecule has 0 unspecified atom stereocenters. The number of benzene rings is 2. The number of nitrogens with one attached hydrogen (secondary N) is 2. The van der Waals surface area contributed by atoms with Crippen molar-refractivity contribution in [1.82, 2.24) is 35.0 Å². The second kappa shape index (κ2) is 11.3. The highest BCUT2D eigenvalue weighted by Crippen LogP contribution is 2.34. The van der Waals surface area contributed by atoms with Crippen molar-refractivity contribution in [2.75, 3.05) is 25.0 Å². The molecule has 2 aromatic carbocycles. The fourth-order valence-corrected chi connectivity index (χ4v) is 5.07. The van der Waals surface area contributed by atoms with Crippen LogP contribution < -0.4 is 15.4 Å². The van der Waals surface area contributed by atoms with Crippen LogP contribution in [0.15, 0.2) is 61.2 Å². The van der Waals surface area contributed by atoms with Gasteiger partial charge in [-0.25, -0.2) is 28.7 Å². The second-order valence-electron chi connectivity index (χ2n) is 9.56. The highest BCUT2D eigenvalue weighted by atomic mass is 19.1. The molecule has 0 atom stereocenters. The van der Waals surface area contributed by atoms with Gasteiger partial charge in [0.2, 0.25) is 0 Å². The SMILES string of the molecule is CCOc1cc(F)c(Cn2nc(-c3ncc(C4CCNCC4)c(Nc4ccncn4)n3)c3ccccc32)c(F)c1. The standard InChI is InChI=1S/C29H28F2N8O/c1-2-40-19-13-23(30)22(24(31)14-19)16-39-25-6-4-3-5-20(25)27(38-39)29-34-15-21(18-7-10-32-11-8-18)28(37-29)36-26-9-12-33-17-35-26/h3-6,9,12-15,17-18,32H,2,7-8,10-11,16H2,1H3,(H,33,34,35,36,37). The first kappa shape index (κ1) is 25.8. The average Bonchev–Trinajstić information content (AvgIpc) is 3.34. The van der Waals surface area contributed by atoms with Crippen LogP contribution in [0, 0.1) is 11.6 Å². The van der Waals surface area contributed by atoms with Gasteiger partial charge in [-0.2, -0.15) is 5.10 Å². The van der Waals surface area contributed by atoms with Crippen molar-refractivity contribution in [3.05, 3.63) is 83.9 Å². The number of hydrogen-bond donors (Lipinski definition) is 2. The first-order valence-corrected chi connectivity index (χ1v) is 13.3. The van der Waals surface area contributed by atoms with Crippen LogP contribution in [0.3, 0.4) is 0 Å². The average molecular weight is 543 g/mol. The van der Waals surface area contributed by atoms with Gasteiger partial charge in [0, 0.05) is 41.0 Å². The van der Waals surface area contributed by atoms with E-state index in [0.29, 0.717) is 41.2 Å². The summed E-state index contributed by atoms with van der Waals surface area (Å²) in [6.07, 6.45) is 6.93. The van der Waals surface area contributed by atoms with Crippen molar-refractivity contribution in [3.8, 4) is 17.3 Å². The number of para-hydroxylation sites is 1. The van der Waals surface area contributed by atoms with Crippen LogP contribution in [-0.4, -0.2) is 49.4 Å². The molecule has 0 spiro atoms. The Balaban J connectivity index is 1.41. The Kier molecular flexibility index (Phi) is 7.28. The van der Waals surface area contributed by atoms with E-state index < -0.39 is 11.6 Å². The predicted octanol–water partition coefficient (Wildman–Crippen LogP) is 5.22. The molecule has 1 aliphatic heterocycles. The van der Waals surface area contributed by atoms with Gasteiger partial charge in [0.1, 0.15) is 41.0 Å². The minimum atomic E-state index is -0.691. The van der Waals surface area contributed by atoms with E-state index in [1.54, 1.807) is 23.9 Å². The third-order valence-corrected chi connectivity index (χ3v) is 7.03. The normalized spacial score (nSPS) is 14.0. The van der Waals surface area contributed by atoms with Gasteiger partial charge in [0.05, 0.1) is 18.7 Å². The van der Waals surface area contributed by atoms with Crippen molar-refractivity contribution in [2.24, 2.45) is 0 Å². The van der Waals surface area contributed by atoms with Crippen LogP contribution in [-0.2, 0) is 6.54 Å². The van der Waals surface area contributed by atoms with Gasteiger partial charge in [-0.15, -0.1) is 0 Å². The van der Waals surface area contributed by atoms with E-state index >= 15 is 0 Å². The minimum absolute atomic E-state index is 0.100. The van der Waals surface area contributed by atoms with Crippen molar-refractivity contribution in [3.63, 3.8) is 0 Å². The molecule has 0 aliphatic carbocycles. The van der Waals surface area contributed by atoms with Gasteiger partial charge in [0.25, 0.3) is 0 Å². The van der Waals surface area contributed by atoms with Gasteiger partial charge in [-0.05, 0) is 50.9 Å². The Labute approximate surface area is 229 Å². The first-order valence-electron chi connectivity index (χ1n) is 13.3. The Bertz CT molecular complexity index is 1610. The van der Waals surface area contributed by atoms with Crippen molar-refractivity contribution in [1.29, 1.82) is 0 Å². The lowest BCUT2D eigenvalue weighted by atomic mass is 9.91. The summed E-state index contributed by atoms with van der Waals surface area (Å²) in [5.41, 5.74) is 2.13. The molecule has 0 radical (unpaired) electrons. The third kappa shape index (κ3) is 5.20. The molecule has 204 valence electrons. The number of fused-ring (bicyclic) bond motifs is 1. The molecule has 11 heteroatoms. The van der Waals surface area contributed by atoms with E-state index in [4.69, 9.17) is 19.8 Å². The zero-order chi connectivity index (χ0) is 27.5. The largest absolute Gasteiger partial charge is 0.494 e. The number of halogens is 2. The van der Waals surface area contributed by atoms with E-state index in [0.717, 1.165) is 36.9 Å². The second-order valence-corrected chi connectivity index (χ2v) is 9.56. The molecule has 0 saturated carbocycles. The van der Waals surface area contributed by atoms with Crippen LogP contribution in [0.2, 0.25) is 0 Å². The molecule has 0 amide bonds. The fourth-order valence-electron chi connectivity index (χ4n) is 5.07. The summed E-state index contributed by atoms with van der Waals surface area (Å²) in [6, 6.07) is 11.7. The third-order valence-electron chi connectivity index (χ3n) is 7.03. The summed E-state index contributed by atoms with van der Waals surface area (Å²) in [5.74, 6) is 0.728. The lowest BCUT2D eigenvalue weighted by Gasteiger charge is -2.24. The minimum Gasteiger partial charge on any atom is -0.494 e. The van der Waals surface area contributed by atoms with Crippen molar-refractivity contribution < 1.29 is 13.5 Å². The molecule has 2 N–H and O–H groups in total. The quantitative estimate of drug-likeness (QED) is 0.275. The summed E-state index contributed by atoms with van der Waals surface area (Å²) in [6.45, 7) is 3.82. The van der Waals surface area contributed by atoms with Gasteiger partial charge in [-0.1, -0.05) is 18.2 Å². The zero-order valence-corrected chi connectivity index (χ0v) is 21.9. The van der Waals surface area contributed by atoms with E-state index in [9.17, 15) is 8.78 Å². The number of ether oxygens (including phenoxy) is 1. The van der Waals surface area contributed by atoms with Gasteiger partial charge in [0.15, 0.2) is 5.82 Å². The van der Waals surface area contributed by atoms with Crippen LogP contribution in [0.1, 0.15) is 36.8 Å². The molecule has 1 aliphatic rings. The van der Waals surface area contributed by atoms with E-state index in [-0.39, 0.29) is 17.9 Å². The summed E-state index contributed by atoms with van der Waals surface area (Å²) in [5, 5.41) is 12.3. The highest BCUT2D eigenvalue weighted by molar-refractivity contribution is 5.91. The molecular weight excluding hydrogens is 514 g/mol. The number of nitrogens with zero attached hydrogens (tertiary/aromatic N) is 6. The van der Waals surface area contributed by atoms with Crippen molar-refractivity contribution >= 4 is 22.5 Å². The Morgan fingerprint density at radius 2 is 1.88 bits per heavy atom. The number of piperidine rings is 1. The maximum absolute atomic E-state index is 14.9. The van der Waals surface area contributed by atoms with Crippen LogP contribution in [0.5, 0.6) is 5.75 Å². The number of hydrogen-bond acceptors (Lipinski definition) is 8. The number of aromatic nitrogens is 6. The molecule has 1 saturated heterocycles. The molecule has 9 nitrogen and oxygen atoms in total. The maximum Gasteiger partial charge on any atom is 0.182 e. The van der Waals surface area contributed by atoms with Crippen LogP contribution in [0.4, 0.5) is 20.4 Å². The summed E-state index contributed by atoms with van der Waals surface area (Å²) < 4.78 is 36.7. The molecule has 5 aromatic rings. The van der Waals surface area contributed by atoms with E-state index in [1.807, 2.05) is 30.5 Å². The lowest BCUT2D eigenvalue weighted by molar-refractivity contribution is 0.335. The topological polar surface area (TPSA) is 103 Å². The number of rotatable bonds is 8. The fraction of sp³-hybridized carbons (Fsp3) is 0.276. The highest BCUT2D eigenvalue weighted by Gasteiger charge is 2.23. The molecule has 0 bridgehead atoms. The molecule has 6 rings (SSSR count). The molecule has 1 fully saturated rings.